The lowest BCUT2D eigenvalue weighted by Gasteiger charge is -2.11. The maximum absolute atomic E-state index is 12.6. The zero-order chi connectivity index (χ0) is 19.7. The van der Waals surface area contributed by atoms with Crippen LogP contribution in [0.4, 0.5) is 0 Å². The molecule has 5 nitrogen and oxygen atoms in total. The number of rotatable bonds is 4. The average molecular weight is 392 g/mol. The molecule has 4 rings (SSSR count). The molecule has 0 unspecified atom stereocenters. The number of hydrogen-bond donors (Lipinski definition) is 0. The molecule has 28 heavy (non-hydrogen) atoms. The largest absolute Gasteiger partial charge is 0.456 e. The predicted molar refractivity (Wildman–Crippen MR) is 109 cm³/mol. The molecule has 0 aliphatic rings. The third-order valence-corrected chi connectivity index (χ3v) is 5.11. The maximum Gasteiger partial charge on any atom is 0.357 e. The number of nitrogens with zero attached hydrogens (tertiary/aromatic N) is 3. The minimum atomic E-state index is -0.474. The summed E-state index contributed by atoms with van der Waals surface area (Å²) in [6.07, 6.45) is 3.07. The fourth-order valence-electron chi connectivity index (χ4n) is 3.06. The number of pyridine rings is 1. The summed E-state index contributed by atoms with van der Waals surface area (Å²) in [7, 11) is 0. The van der Waals surface area contributed by atoms with Gasteiger partial charge in [0.1, 0.15) is 11.8 Å². The molecule has 0 aliphatic heterocycles. The van der Waals surface area contributed by atoms with Crippen LogP contribution < -0.4 is 0 Å². The Bertz CT molecular complexity index is 1170. The lowest BCUT2D eigenvalue weighted by Crippen LogP contribution is -2.11. The lowest BCUT2D eigenvalue weighted by molar-refractivity contribution is 0.0463. The van der Waals surface area contributed by atoms with Gasteiger partial charge in [0.05, 0.1) is 18.0 Å². The molecular weight excluding hydrogens is 374 g/mol. The number of benzene rings is 2. The van der Waals surface area contributed by atoms with E-state index in [9.17, 15) is 4.79 Å². The Morgan fingerprint density at radius 3 is 2.71 bits per heavy atom. The van der Waals surface area contributed by atoms with Gasteiger partial charge in [0.25, 0.3) is 0 Å². The van der Waals surface area contributed by atoms with Gasteiger partial charge in [0.2, 0.25) is 0 Å². The first-order valence-electron chi connectivity index (χ1n) is 8.85. The lowest BCUT2D eigenvalue weighted by atomic mass is 10.0. The van der Waals surface area contributed by atoms with Gasteiger partial charge in [0.15, 0.2) is 5.69 Å². The third kappa shape index (κ3) is 3.37. The highest BCUT2D eigenvalue weighted by molar-refractivity contribution is 6.30. The van der Waals surface area contributed by atoms with Crippen molar-refractivity contribution in [2.75, 3.05) is 0 Å². The number of halogens is 1. The van der Waals surface area contributed by atoms with E-state index in [4.69, 9.17) is 16.3 Å². The Balaban J connectivity index is 1.57. The van der Waals surface area contributed by atoms with Crippen molar-refractivity contribution in [3.63, 3.8) is 0 Å². The van der Waals surface area contributed by atoms with E-state index in [0.29, 0.717) is 16.4 Å². The van der Waals surface area contributed by atoms with E-state index in [1.807, 2.05) is 62.4 Å². The minimum Gasteiger partial charge on any atom is -0.456 e. The molecule has 2 aromatic carbocycles. The molecular formula is C22H18ClN3O2. The Morgan fingerprint density at radius 2 is 1.93 bits per heavy atom. The van der Waals surface area contributed by atoms with Gasteiger partial charge in [-0.1, -0.05) is 41.9 Å². The molecule has 0 radical (unpaired) electrons. The van der Waals surface area contributed by atoms with Crippen molar-refractivity contribution in [3.8, 4) is 5.69 Å². The Labute approximate surface area is 167 Å². The summed E-state index contributed by atoms with van der Waals surface area (Å²) in [6.45, 7) is 4.09. The van der Waals surface area contributed by atoms with Crippen LogP contribution in [0.5, 0.6) is 0 Å². The molecule has 0 aliphatic carbocycles. The Hall–Kier alpha value is -3.18. The molecule has 0 fully saturated rings. The molecule has 6 heteroatoms. The number of ether oxygens (including phenoxy) is 1. The molecule has 0 N–H and O–H groups in total. The fraction of sp³-hybridized carbons (Fsp3) is 0.136. The average Bonchev–Trinajstić information content (AvgIpc) is 3.20. The Morgan fingerprint density at radius 1 is 1.14 bits per heavy atom. The normalized spacial score (nSPS) is 11.0. The van der Waals surface area contributed by atoms with Gasteiger partial charge < -0.3 is 4.74 Å². The van der Waals surface area contributed by atoms with Crippen LogP contribution in [-0.2, 0) is 11.3 Å². The molecule has 2 heterocycles. The van der Waals surface area contributed by atoms with Crippen LogP contribution in [0.1, 0.15) is 27.2 Å². The second-order valence-electron chi connectivity index (χ2n) is 6.58. The molecule has 0 amide bonds. The molecule has 0 saturated carbocycles. The van der Waals surface area contributed by atoms with Crippen LogP contribution in [0.3, 0.4) is 0 Å². The van der Waals surface area contributed by atoms with Gasteiger partial charge in [-0.05, 0) is 43.2 Å². The number of aromatic nitrogens is 3. The summed E-state index contributed by atoms with van der Waals surface area (Å²) in [5.74, 6) is -0.474. The van der Waals surface area contributed by atoms with E-state index < -0.39 is 5.97 Å². The maximum atomic E-state index is 12.6. The quantitative estimate of drug-likeness (QED) is 0.361. The van der Waals surface area contributed by atoms with Crippen molar-refractivity contribution < 1.29 is 9.53 Å². The van der Waals surface area contributed by atoms with E-state index in [1.54, 1.807) is 10.9 Å². The van der Waals surface area contributed by atoms with Crippen molar-refractivity contribution in [3.05, 3.63) is 88.6 Å². The van der Waals surface area contributed by atoms with Gasteiger partial charge in [0, 0.05) is 16.6 Å². The fourth-order valence-corrected chi connectivity index (χ4v) is 3.26. The summed E-state index contributed by atoms with van der Waals surface area (Å²) in [5.41, 5.74) is 4.96. The topological polar surface area (TPSA) is 57.0 Å². The highest BCUT2D eigenvalue weighted by Crippen LogP contribution is 2.25. The van der Waals surface area contributed by atoms with Crippen molar-refractivity contribution in [2.24, 2.45) is 0 Å². The molecule has 0 spiro atoms. The number of imidazole rings is 1. The van der Waals surface area contributed by atoms with Crippen LogP contribution >= 0.6 is 11.6 Å². The van der Waals surface area contributed by atoms with E-state index in [-0.39, 0.29) is 6.61 Å². The number of carbonyl (C=O) groups is 1. The predicted octanol–water partition coefficient (Wildman–Crippen LogP) is 5.05. The van der Waals surface area contributed by atoms with Crippen molar-refractivity contribution >= 4 is 28.5 Å². The number of fused-ring (bicyclic) bond motifs is 1. The first kappa shape index (κ1) is 18.2. The standard InChI is InChI=1S/C22H18ClN3O2/c1-14-8-9-16-10-17(21(23)25-20(16)15(14)2)12-28-22(27)19-11-24-13-26(19)18-6-4-3-5-7-18/h3-11,13H,12H2,1-2H3. The SMILES string of the molecule is Cc1ccc2cc(COC(=O)c3cncn3-c3ccccc3)c(Cl)nc2c1C. The van der Waals surface area contributed by atoms with Crippen LogP contribution in [0.25, 0.3) is 16.6 Å². The first-order chi connectivity index (χ1) is 13.5. The summed E-state index contributed by atoms with van der Waals surface area (Å²) < 4.78 is 7.18. The van der Waals surface area contributed by atoms with Crippen LogP contribution in [0.2, 0.25) is 5.15 Å². The number of aryl methyl sites for hydroxylation is 2. The second kappa shape index (κ2) is 7.44. The molecule has 140 valence electrons. The first-order valence-corrected chi connectivity index (χ1v) is 9.22. The van der Waals surface area contributed by atoms with Crippen LogP contribution in [0.15, 0.2) is 61.1 Å². The third-order valence-electron chi connectivity index (χ3n) is 4.78. The zero-order valence-electron chi connectivity index (χ0n) is 15.5. The van der Waals surface area contributed by atoms with Crippen LogP contribution in [-0.4, -0.2) is 20.5 Å². The molecule has 4 aromatic rings. The van der Waals surface area contributed by atoms with Crippen LogP contribution in [0, 0.1) is 13.8 Å². The van der Waals surface area contributed by atoms with E-state index in [0.717, 1.165) is 27.7 Å². The highest BCUT2D eigenvalue weighted by atomic mass is 35.5. The summed E-state index contributed by atoms with van der Waals surface area (Å²) in [5, 5.41) is 1.30. The Kier molecular flexibility index (Phi) is 4.84. The minimum absolute atomic E-state index is 0.0352. The summed E-state index contributed by atoms with van der Waals surface area (Å²) >= 11 is 6.34. The molecule has 0 bridgehead atoms. The number of carbonyl (C=O) groups excluding carboxylic acids is 1. The molecule has 0 saturated heterocycles. The smallest absolute Gasteiger partial charge is 0.357 e. The van der Waals surface area contributed by atoms with Gasteiger partial charge in [-0.25, -0.2) is 14.8 Å². The van der Waals surface area contributed by atoms with Gasteiger partial charge in [-0.2, -0.15) is 0 Å². The second-order valence-corrected chi connectivity index (χ2v) is 6.94. The van der Waals surface area contributed by atoms with Crippen molar-refractivity contribution in [1.82, 2.24) is 14.5 Å². The van der Waals surface area contributed by atoms with E-state index in [1.165, 1.54) is 6.20 Å². The summed E-state index contributed by atoms with van der Waals surface area (Å²) in [4.78, 5) is 21.2. The van der Waals surface area contributed by atoms with E-state index >= 15 is 0 Å². The summed E-state index contributed by atoms with van der Waals surface area (Å²) in [6, 6.07) is 15.5. The van der Waals surface area contributed by atoms with E-state index in [2.05, 4.69) is 9.97 Å². The molecule has 0 atom stereocenters. The van der Waals surface area contributed by atoms with Crippen molar-refractivity contribution in [2.45, 2.75) is 20.5 Å². The monoisotopic (exact) mass is 391 g/mol. The molecule has 2 aromatic heterocycles. The van der Waals surface area contributed by atoms with Gasteiger partial charge in [-0.15, -0.1) is 0 Å². The zero-order valence-corrected chi connectivity index (χ0v) is 16.3. The van der Waals surface area contributed by atoms with Gasteiger partial charge >= 0.3 is 5.97 Å². The number of hydrogen-bond acceptors (Lipinski definition) is 4. The number of para-hydroxylation sites is 1. The van der Waals surface area contributed by atoms with Crippen molar-refractivity contribution in [1.29, 1.82) is 0 Å². The highest BCUT2D eigenvalue weighted by Gasteiger charge is 2.16. The van der Waals surface area contributed by atoms with Gasteiger partial charge in [-0.3, -0.25) is 4.57 Å². The number of esters is 1.